The summed E-state index contributed by atoms with van der Waals surface area (Å²) in [5, 5.41) is 7.13. The number of carbonyl (C=O) groups excluding carboxylic acids is 1. The summed E-state index contributed by atoms with van der Waals surface area (Å²) in [7, 11) is 1.62. The van der Waals surface area contributed by atoms with Gasteiger partial charge in [0.15, 0.2) is 11.5 Å². The van der Waals surface area contributed by atoms with E-state index < -0.39 is 0 Å². The highest BCUT2D eigenvalue weighted by Crippen LogP contribution is 2.32. The van der Waals surface area contributed by atoms with Gasteiger partial charge < -0.3 is 19.7 Å². The second-order valence-corrected chi connectivity index (χ2v) is 8.54. The number of nitrogens with one attached hydrogen (secondary N) is 1. The van der Waals surface area contributed by atoms with Crippen molar-refractivity contribution in [3.05, 3.63) is 42.2 Å². The number of hydrogen-bond donors (Lipinski definition) is 1. The van der Waals surface area contributed by atoms with Gasteiger partial charge in [0.2, 0.25) is 0 Å². The molecule has 1 saturated heterocycles. The van der Waals surface area contributed by atoms with Crippen molar-refractivity contribution >= 4 is 5.91 Å². The molecule has 0 unspecified atom stereocenters. The molecule has 168 valence electrons. The Hall–Kier alpha value is -2.54. The lowest BCUT2D eigenvalue weighted by Gasteiger charge is -2.36. The summed E-state index contributed by atoms with van der Waals surface area (Å²) in [4.78, 5) is 15.1. The third kappa shape index (κ3) is 5.79. The summed E-state index contributed by atoms with van der Waals surface area (Å²) in [6.45, 7) is 3.59. The van der Waals surface area contributed by atoms with Crippen LogP contribution in [0.2, 0.25) is 0 Å². The van der Waals surface area contributed by atoms with E-state index in [1.54, 1.807) is 19.4 Å². The molecule has 1 saturated carbocycles. The Morgan fingerprint density at radius 3 is 2.68 bits per heavy atom. The molecule has 7 nitrogen and oxygen atoms in total. The van der Waals surface area contributed by atoms with Gasteiger partial charge in [0, 0.05) is 50.2 Å². The van der Waals surface area contributed by atoms with E-state index >= 15 is 0 Å². The van der Waals surface area contributed by atoms with E-state index in [9.17, 15) is 4.79 Å². The van der Waals surface area contributed by atoms with Crippen LogP contribution in [0.5, 0.6) is 11.5 Å². The zero-order chi connectivity index (χ0) is 21.5. The van der Waals surface area contributed by atoms with E-state index in [0.29, 0.717) is 17.9 Å². The molecular weight excluding hydrogens is 392 g/mol. The number of carbonyl (C=O) groups is 1. The first-order valence-corrected chi connectivity index (χ1v) is 11.6. The van der Waals surface area contributed by atoms with Crippen molar-refractivity contribution in [3.8, 4) is 11.5 Å². The summed E-state index contributed by atoms with van der Waals surface area (Å²) in [6.07, 6.45) is 12.2. The predicted octanol–water partition coefficient (Wildman–Crippen LogP) is 3.50. The van der Waals surface area contributed by atoms with Crippen LogP contribution in [0.3, 0.4) is 0 Å². The highest BCUT2D eigenvalue weighted by Gasteiger charge is 2.28. The molecule has 2 heterocycles. The van der Waals surface area contributed by atoms with Gasteiger partial charge in [-0.3, -0.25) is 9.48 Å². The fourth-order valence-electron chi connectivity index (χ4n) is 4.69. The normalized spacial score (nSPS) is 18.2. The number of piperidine rings is 1. The van der Waals surface area contributed by atoms with Crippen molar-refractivity contribution < 1.29 is 14.3 Å². The Balaban J connectivity index is 1.26. The van der Waals surface area contributed by atoms with Gasteiger partial charge >= 0.3 is 0 Å². The highest BCUT2D eigenvalue weighted by atomic mass is 16.5. The second kappa shape index (κ2) is 10.7. The molecule has 7 heteroatoms. The van der Waals surface area contributed by atoms with Gasteiger partial charge in [-0.05, 0) is 56.4 Å². The fraction of sp³-hybridized carbons (Fsp3) is 0.583. The number of amides is 1. The van der Waals surface area contributed by atoms with Crippen LogP contribution < -0.4 is 14.8 Å². The van der Waals surface area contributed by atoms with E-state index in [1.807, 2.05) is 29.1 Å². The number of rotatable bonds is 9. The molecule has 2 fully saturated rings. The molecule has 2 aromatic rings. The SMILES string of the molecule is COc1cc(C(=O)NCCCn2cccn2)ccc1OC1CCN(C2CCCC2)CC1. The Bertz CT molecular complexity index is 825. The average Bonchev–Trinajstić information content (AvgIpc) is 3.52. The molecule has 1 aromatic heterocycles. The van der Waals surface area contributed by atoms with Crippen LogP contribution in [0, 0.1) is 0 Å². The topological polar surface area (TPSA) is 68.6 Å². The molecule has 1 aliphatic carbocycles. The van der Waals surface area contributed by atoms with Crippen molar-refractivity contribution in [3.63, 3.8) is 0 Å². The van der Waals surface area contributed by atoms with Crippen molar-refractivity contribution in [2.45, 2.75) is 63.6 Å². The minimum atomic E-state index is -0.102. The van der Waals surface area contributed by atoms with Crippen LogP contribution in [-0.2, 0) is 6.54 Å². The van der Waals surface area contributed by atoms with Crippen LogP contribution in [-0.4, -0.2) is 59.5 Å². The lowest BCUT2D eigenvalue weighted by Crippen LogP contribution is -2.43. The molecule has 1 amide bonds. The lowest BCUT2D eigenvalue weighted by molar-refractivity contribution is 0.0750. The molecule has 0 bridgehead atoms. The smallest absolute Gasteiger partial charge is 0.251 e. The maximum atomic E-state index is 12.5. The zero-order valence-corrected chi connectivity index (χ0v) is 18.5. The third-order valence-electron chi connectivity index (χ3n) is 6.45. The number of aryl methyl sites for hydroxylation is 1. The number of nitrogens with zero attached hydrogens (tertiary/aromatic N) is 3. The van der Waals surface area contributed by atoms with E-state index in [-0.39, 0.29) is 12.0 Å². The van der Waals surface area contributed by atoms with Crippen LogP contribution in [0.25, 0.3) is 0 Å². The Labute approximate surface area is 184 Å². The van der Waals surface area contributed by atoms with E-state index in [2.05, 4.69) is 15.3 Å². The first-order valence-electron chi connectivity index (χ1n) is 11.6. The molecular formula is C24H34N4O3. The summed E-state index contributed by atoms with van der Waals surface area (Å²) < 4.78 is 13.7. The van der Waals surface area contributed by atoms with Gasteiger partial charge in [-0.15, -0.1) is 0 Å². The number of likely N-dealkylation sites (tertiary alicyclic amines) is 1. The number of aromatic nitrogens is 2. The van der Waals surface area contributed by atoms with E-state index in [4.69, 9.17) is 9.47 Å². The molecule has 0 radical (unpaired) electrons. The average molecular weight is 427 g/mol. The van der Waals surface area contributed by atoms with Gasteiger partial charge in [-0.25, -0.2) is 0 Å². The van der Waals surface area contributed by atoms with Crippen molar-refractivity contribution in [2.75, 3.05) is 26.7 Å². The zero-order valence-electron chi connectivity index (χ0n) is 18.5. The van der Waals surface area contributed by atoms with Gasteiger partial charge in [0.25, 0.3) is 5.91 Å². The summed E-state index contributed by atoms with van der Waals surface area (Å²) in [6, 6.07) is 8.13. The molecule has 4 rings (SSSR count). The van der Waals surface area contributed by atoms with Crippen molar-refractivity contribution in [2.24, 2.45) is 0 Å². The molecule has 0 spiro atoms. The van der Waals surface area contributed by atoms with E-state index in [0.717, 1.165) is 50.7 Å². The van der Waals surface area contributed by atoms with Crippen LogP contribution >= 0.6 is 0 Å². The molecule has 1 N–H and O–H groups in total. The third-order valence-corrected chi connectivity index (χ3v) is 6.45. The molecule has 1 aliphatic heterocycles. The summed E-state index contributed by atoms with van der Waals surface area (Å²) in [5.74, 6) is 1.23. The minimum absolute atomic E-state index is 0.102. The Morgan fingerprint density at radius 2 is 1.97 bits per heavy atom. The van der Waals surface area contributed by atoms with Gasteiger partial charge in [0.05, 0.1) is 7.11 Å². The predicted molar refractivity (Wildman–Crippen MR) is 120 cm³/mol. The van der Waals surface area contributed by atoms with Crippen LogP contribution in [0.15, 0.2) is 36.7 Å². The number of benzene rings is 1. The lowest BCUT2D eigenvalue weighted by atomic mass is 10.0. The van der Waals surface area contributed by atoms with Crippen molar-refractivity contribution in [1.82, 2.24) is 20.0 Å². The number of hydrogen-bond acceptors (Lipinski definition) is 5. The molecule has 1 aromatic carbocycles. The standard InChI is InChI=1S/C24H34N4O3/c1-30-23-18-19(24(29)25-12-4-14-28-15-5-13-26-28)8-9-22(23)31-21-10-16-27(17-11-21)20-6-2-3-7-20/h5,8-9,13,15,18,20-21H,2-4,6-7,10-12,14,16-17H2,1H3,(H,25,29). The molecule has 2 aliphatic rings. The first kappa shape index (κ1) is 21.7. The number of ether oxygens (including phenoxy) is 2. The first-order chi connectivity index (χ1) is 15.2. The molecule has 0 atom stereocenters. The molecule has 31 heavy (non-hydrogen) atoms. The van der Waals surface area contributed by atoms with Gasteiger partial charge in [0.1, 0.15) is 6.10 Å². The van der Waals surface area contributed by atoms with E-state index in [1.165, 1.54) is 25.7 Å². The summed E-state index contributed by atoms with van der Waals surface area (Å²) >= 11 is 0. The number of methoxy groups -OCH3 is 1. The largest absolute Gasteiger partial charge is 0.493 e. The maximum absolute atomic E-state index is 12.5. The monoisotopic (exact) mass is 426 g/mol. The van der Waals surface area contributed by atoms with Gasteiger partial charge in [-0.2, -0.15) is 5.10 Å². The van der Waals surface area contributed by atoms with Crippen molar-refractivity contribution in [1.29, 1.82) is 0 Å². The maximum Gasteiger partial charge on any atom is 0.251 e. The van der Waals surface area contributed by atoms with Crippen LogP contribution in [0.4, 0.5) is 0 Å². The minimum Gasteiger partial charge on any atom is -0.493 e. The Kier molecular flexibility index (Phi) is 7.46. The quantitative estimate of drug-likeness (QED) is 0.622. The van der Waals surface area contributed by atoms with Gasteiger partial charge in [-0.1, -0.05) is 12.8 Å². The second-order valence-electron chi connectivity index (χ2n) is 8.54. The van der Waals surface area contributed by atoms with Crippen LogP contribution in [0.1, 0.15) is 55.3 Å². The Morgan fingerprint density at radius 1 is 1.16 bits per heavy atom. The fourth-order valence-corrected chi connectivity index (χ4v) is 4.69. The highest BCUT2D eigenvalue weighted by molar-refractivity contribution is 5.94. The summed E-state index contributed by atoms with van der Waals surface area (Å²) in [5.41, 5.74) is 0.583.